The molecule has 3 aromatic carbocycles. The Morgan fingerprint density at radius 2 is 1.87 bits per heavy atom. The maximum absolute atomic E-state index is 12.7. The summed E-state index contributed by atoms with van der Waals surface area (Å²) in [7, 11) is 1.45. The van der Waals surface area contributed by atoms with E-state index in [-0.39, 0.29) is 22.9 Å². The molecule has 3 aromatic rings. The number of aryl methyl sites for hydroxylation is 1. The van der Waals surface area contributed by atoms with Gasteiger partial charge in [-0.25, -0.2) is 0 Å². The Hall–Kier alpha value is -3.58. The fourth-order valence-corrected chi connectivity index (χ4v) is 3.07. The lowest BCUT2D eigenvalue weighted by Gasteiger charge is -2.14. The number of halogens is 1. The van der Waals surface area contributed by atoms with Crippen LogP contribution in [0.15, 0.2) is 60.7 Å². The zero-order chi connectivity index (χ0) is 21.7. The SMILES string of the molecule is COc1cc(C(=O)Nc2ccc(C)c([N+](=O)[O-])c2)cc(Cl)c1OCc1ccccc1. The van der Waals surface area contributed by atoms with E-state index in [1.54, 1.807) is 19.1 Å². The number of carbonyl (C=O) groups excluding carboxylic acids is 1. The van der Waals surface area contributed by atoms with Crippen molar-refractivity contribution in [2.24, 2.45) is 0 Å². The summed E-state index contributed by atoms with van der Waals surface area (Å²) in [5.41, 5.74) is 1.91. The van der Waals surface area contributed by atoms with Crippen LogP contribution >= 0.6 is 11.6 Å². The van der Waals surface area contributed by atoms with Gasteiger partial charge in [-0.15, -0.1) is 0 Å². The Labute approximate surface area is 178 Å². The van der Waals surface area contributed by atoms with E-state index >= 15 is 0 Å². The first-order valence-corrected chi connectivity index (χ1v) is 9.37. The number of hydrogen-bond donors (Lipinski definition) is 1. The van der Waals surface area contributed by atoms with E-state index in [0.717, 1.165) is 5.56 Å². The van der Waals surface area contributed by atoms with E-state index in [9.17, 15) is 14.9 Å². The molecule has 0 aliphatic rings. The van der Waals surface area contributed by atoms with Crippen LogP contribution in [-0.2, 0) is 6.61 Å². The van der Waals surface area contributed by atoms with Crippen molar-refractivity contribution in [3.05, 3.63) is 92.5 Å². The molecule has 0 saturated carbocycles. The first-order chi connectivity index (χ1) is 14.4. The summed E-state index contributed by atoms with van der Waals surface area (Å²) >= 11 is 6.34. The number of nitrogens with one attached hydrogen (secondary N) is 1. The lowest BCUT2D eigenvalue weighted by molar-refractivity contribution is -0.385. The van der Waals surface area contributed by atoms with Gasteiger partial charge in [0.15, 0.2) is 11.5 Å². The molecule has 0 atom stereocenters. The van der Waals surface area contributed by atoms with E-state index in [1.807, 2.05) is 30.3 Å². The zero-order valence-electron chi connectivity index (χ0n) is 16.3. The number of methoxy groups -OCH3 is 1. The molecular weight excluding hydrogens is 408 g/mol. The van der Waals surface area contributed by atoms with Gasteiger partial charge in [-0.05, 0) is 30.7 Å². The number of amides is 1. The average molecular weight is 427 g/mol. The minimum atomic E-state index is -0.496. The summed E-state index contributed by atoms with van der Waals surface area (Å²) in [5.74, 6) is 0.145. The number of rotatable bonds is 7. The molecule has 1 N–H and O–H groups in total. The van der Waals surface area contributed by atoms with Gasteiger partial charge >= 0.3 is 0 Å². The second kappa shape index (κ2) is 9.28. The first-order valence-electron chi connectivity index (χ1n) is 8.99. The number of nitrogens with zero attached hydrogens (tertiary/aromatic N) is 1. The highest BCUT2D eigenvalue weighted by atomic mass is 35.5. The largest absolute Gasteiger partial charge is 0.493 e. The van der Waals surface area contributed by atoms with Crippen LogP contribution in [0.1, 0.15) is 21.5 Å². The summed E-state index contributed by atoms with van der Waals surface area (Å²) in [6.45, 7) is 1.91. The van der Waals surface area contributed by atoms with Crippen LogP contribution in [-0.4, -0.2) is 17.9 Å². The summed E-state index contributed by atoms with van der Waals surface area (Å²) < 4.78 is 11.1. The van der Waals surface area contributed by atoms with Crippen molar-refractivity contribution >= 4 is 28.9 Å². The lowest BCUT2D eigenvalue weighted by atomic mass is 10.1. The van der Waals surface area contributed by atoms with Crippen LogP contribution in [0.25, 0.3) is 0 Å². The van der Waals surface area contributed by atoms with E-state index in [4.69, 9.17) is 21.1 Å². The summed E-state index contributed by atoms with van der Waals surface area (Å²) in [6.07, 6.45) is 0. The molecule has 0 fully saturated rings. The molecular formula is C22H19ClN2O5. The number of hydrogen-bond acceptors (Lipinski definition) is 5. The molecule has 0 unspecified atom stereocenters. The average Bonchev–Trinajstić information content (AvgIpc) is 2.74. The smallest absolute Gasteiger partial charge is 0.274 e. The second-order valence-corrected chi connectivity index (χ2v) is 6.88. The third kappa shape index (κ3) is 4.87. The Morgan fingerprint density at radius 1 is 1.13 bits per heavy atom. The van der Waals surface area contributed by atoms with Crippen molar-refractivity contribution in [3.8, 4) is 11.5 Å². The Balaban J connectivity index is 1.81. The van der Waals surface area contributed by atoms with Crippen molar-refractivity contribution in [2.75, 3.05) is 12.4 Å². The van der Waals surface area contributed by atoms with Crippen molar-refractivity contribution in [3.63, 3.8) is 0 Å². The standard InChI is InChI=1S/C22H19ClN2O5/c1-14-8-9-17(12-19(14)25(27)28)24-22(26)16-10-18(23)21(20(11-16)29-2)30-13-15-6-4-3-5-7-15/h3-12H,13H2,1-2H3,(H,24,26). The minimum absolute atomic E-state index is 0.0759. The molecule has 0 aliphatic heterocycles. The molecule has 3 rings (SSSR count). The molecule has 7 nitrogen and oxygen atoms in total. The summed E-state index contributed by atoms with van der Waals surface area (Å²) in [5, 5.41) is 14.0. The van der Waals surface area contributed by atoms with Crippen LogP contribution in [0.4, 0.5) is 11.4 Å². The van der Waals surface area contributed by atoms with Gasteiger partial charge in [-0.3, -0.25) is 14.9 Å². The molecule has 0 aromatic heterocycles. The zero-order valence-corrected chi connectivity index (χ0v) is 17.1. The third-order valence-electron chi connectivity index (χ3n) is 4.38. The monoisotopic (exact) mass is 426 g/mol. The highest BCUT2D eigenvalue weighted by Crippen LogP contribution is 2.37. The van der Waals surface area contributed by atoms with E-state index < -0.39 is 10.8 Å². The number of carbonyl (C=O) groups is 1. The predicted molar refractivity (Wildman–Crippen MR) is 115 cm³/mol. The van der Waals surface area contributed by atoms with Gasteiger partial charge in [0.2, 0.25) is 0 Å². The third-order valence-corrected chi connectivity index (χ3v) is 4.66. The second-order valence-electron chi connectivity index (χ2n) is 6.48. The van der Waals surface area contributed by atoms with Crippen molar-refractivity contribution in [1.82, 2.24) is 0 Å². The fourth-order valence-electron chi connectivity index (χ4n) is 2.81. The highest BCUT2D eigenvalue weighted by Gasteiger charge is 2.18. The van der Waals surface area contributed by atoms with Gasteiger partial charge in [0, 0.05) is 22.9 Å². The van der Waals surface area contributed by atoms with Gasteiger partial charge in [0.1, 0.15) is 6.61 Å². The Kier molecular flexibility index (Phi) is 6.54. The van der Waals surface area contributed by atoms with Gasteiger partial charge in [-0.2, -0.15) is 0 Å². The van der Waals surface area contributed by atoms with E-state index in [1.165, 1.54) is 25.3 Å². The van der Waals surface area contributed by atoms with Crippen molar-refractivity contribution < 1.29 is 19.2 Å². The van der Waals surface area contributed by atoms with E-state index in [2.05, 4.69) is 5.32 Å². The number of ether oxygens (including phenoxy) is 2. The molecule has 0 saturated heterocycles. The molecule has 8 heteroatoms. The number of nitro groups is 1. The van der Waals surface area contributed by atoms with Crippen LogP contribution in [0.2, 0.25) is 5.02 Å². The molecule has 0 radical (unpaired) electrons. The number of anilines is 1. The van der Waals surface area contributed by atoms with E-state index in [0.29, 0.717) is 22.7 Å². The summed E-state index contributed by atoms with van der Waals surface area (Å²) in [6, 6.07) is 17.0. The lowest BCUT2D eigenvalue weighted by Crippen LogP contribution is -2.13. The van der Waals surface area contributed by atoms with Gasteiger partial charge in [-0.1, -0.05) is 48.0 Å². The van der Waals surface area contributed by atoms with Crippen LogP contribution in [0.5, 0.6) is 11.5 Å². The molecule has 0 spiro atoms. The fraction of sp³-hybridized carbons (Fsp3) is 0.136. The van der Waals surface area contributed by atoms with Gasteiger partial charge in [0.05, 0.1) is 17.1 Å². The number of nitro benzene ring substituents is 1. The summed E-state index contributed by atoms with van der Waals surface area (Å²) in [4.78, 5) is 23.3. The Bertz CT molecular complexity index is 1090. The first kappa shape index (κ1) is 21.1. The highest BCUT2D eigenvalue weighted by molar-refractivity contribution is 6.32. The van der Waals surface area contributed by atoms with Gasteiger partial charge in [0.25, 0.3) is 11.6 Å². The molecule has 0 bridgehead atoms. The van der Waals surface area contributed by atoms with Crippen molar-refractivity contribution in [1.29, 1.82) is 0 Å². The van der Waals surface area contributed by atoms with Crippen molar-refractivity contribution in [2.45, 2.75) is 13.5 Å². The van der Waals surface area contributed by atoms with Crippen LogP contribution in [0.3, 0.4) is 0 Å². The minimum Gasteiger partial charge on any atom is -0.493 e. The quantitative estimate of drug-likeness (QED) is 0.403. The molecule has 154 valence electrons. The molecule has 0 aliphatic carbocycles. The maximum Gasteiger partial charge on any atom is 0.274 e. The maximum atomic E-state index is 12.7. The Morgan fingerprint density at radius 3 is 2.53 bits per heavy atom. The topological polar surface area (TPSA) is 90.7 Å². The van der Waals surface area contributed by atoms with Crippen LogP contribution in [0, 0.1) is 17.0 Å². The molecule has 0 heterocycles. The van der Waals surface area contributed by atoms with Gasteiger partial charge < -0.3 is 14.8 Å². The normalized spacial score (nSPS) is 10.4. The number of benzene rings is 3. The predicted octanol–water partition coefficient (Wildman–Crippen LogP) is 5.40. The molecule has 30 heavy (non-hydrogen) atoms. The molecule has 1 amide bonds. The van der Waals surface area contributed by atoms with Crippen LogP contribution < -0.4 is 14.8 Å².